The van der Waals surface area contributed by atoms with Gasteiger partial charge in [0.1, 0.15) is 10.8 Å². The number of rotatable bonds is 4. The summed E-state index contributed by atoms with van der Waals surface area (Å²) in [5, 5.41) is 15.6. The predicted molar refractivity (Wildman–Crippen MR) is 127 cm³/mol. The Morgan fingerprint density at radius 2 is 1.59 bits per heavy atom. The maximum atomic E-state index is 5.52. The molecule has 0 fully saturated rings. The van der Waals surface area contributed by atoms with Gasteiger partial charge in [-0.25, -0.2) is 4.98 Å². The Morgan fingerprint density at radius 1 is 0.812 bits per heavy atom. The van der Waals surface area contributed by atoms with Gasteiger partial charge in [0.05, 0.1) is 23.9 Å². The first-order valence-electron chi connectivity index (χ1n) is 10.1. The third-order valence-electron chi connectivity index (χ3n) is 5.35. The van der Waals surface area contributed by atoms with Crippen LogP contribution in [0.1, 0.15) is 0 Å². The number of para-hydroxylation sites is 2. The van der Waals surface area contributed by atoms with Gasteiger partial charge in [0.2, 0.25) is 4.96 Å². The van der Waals surface area contributed by atoms with E-state index >= 15 is 0 Å². The number of aromatic nitrogens is 5. The lowest BCUT2D eigenvalue weighted by Crippen LogP contribution is -1.95. The van der Waals surface area contributed by atoms with Crippen LogP contribution >= 0.6 is 11.3 Å². The molecule has 0 aliphatic heterocycles. The molecule has 0 aliphatic carbocycles. The van der Waals surface area contributed by atoms with Gasteiger partial charge in [0.25, 0.3) is 0 Å². The highest BCUT2D eigenvalue weighted by Gasteiger charge is 2.19. The molecule has 6 rings (SSSR count). The van der Waals surface area contributed by atoms with E-state index in [-0.39, 0.29) is 0 Å². The molecule has 0 unspecified atom stereocenters. The van der Waals surface area contributed by atoms with Crippen molar-refractivity contribution in [2.45, 2.75) is 0 Å². The normalized spacial score (nSPS) is 11.3. The van der Waals surface area contributed by atoms with Crippen LogP contribution in [0.15, 0.2) is 84.9 Å². The van der Waals surface area contributed by atoms with E-state index in [0.29, 0.717) is 5.82 Å². The van der Waals surface area contributed by atoms with Crippen molar-refractivity contribution >= 4 is 27.2 Å². The number of pyridine rings is 1. The summed E-state index contributed by atoms with van der Waals surface area (Å²) in [7, 11) is 1.65. The number of benzene rings is 3. The minimum atomic E-state index is 0.654. The summed E-state index contributed by atoms with van der Waals surface area (Å²) < 4.78 is 7.31. The van der Waals surface area contributed by atoms with E-state index in [1.54, 1.807) is 11.6 Å². The first kappa shape index (κ1) is 18.7. The second-order valence-corrected chi connectivity index (χ2v) is 8.22. The SMILES string of the molecule is COc1ccccc1-c1nnc2sc(-c3cc(-c4ccccc4)nc4ccccc34)nn12. The smallest absolute Gasteiger partial charge is 0.235 e. The second kappa shape index (κ2) is 7.55. The van der Waals surface area contributed by atoms with Crippen molar-refractivity contribution in [3.63, 3.8) is 0 Å². The summed E-state index contributed by atoms with van der Waals surface area (Å²) in [6.45, 7) is 0. The third kappa shape index (κ3) is 3.02. The van der Waals surface area contributed by atoms with E-state index in [1.807, 2.05) is 60.7 Å². The second-order valence-electron chi connectivity index (χ2n) is 7.26. The first-order chi connectivity index (χ1) is 15.8. The zero-order valence-corrected chi connectivity index (χ0v) is 18.0. The fourth-order valence-electron chi connectivity index (χ4n) is 3.83. The fraction of sp³-hybridized carbons (Fsp3) is 0.0400. The lowest BCUT2D eigenvalue weighted by molar-refractivity contribution is 0.416. The van der Waals surface area contributed by atoms with Crippen LogP contribution in [0.2, 0.25) is 0 Å². The molecular formula is C25H17N5OS. The summed E-state index contributed by atoms with van der Waals surface area (Å²) in [5.41, 5.74) is 4.78. The molecule has 32 heavy (non-hydrogen) atoms. The van der Waals surface area contributed by atoms with Gasteiger partial charge in [0.15, 0.2) is 5.82 Å². The topological polar surface area (TPSA) is 65.2 Å². The van der Waals surface area contributed by atoms with Gasteiger partial charge in [0, 0.05) is 16.5 Å². The van der Waals surface area contributed by atoms with Crippen LogP contribution in [0.4, 0.5) is 0 Å². The van der Waals surface area contributed by atoms with Crippen molar-refractivity contribution in [3.8, 4) is 39.0 Å². The van der Waals surface area contributed by atoms with Gasteiger partial charge in [-0.1, -0.05) is 72.0 Å². The lowest BCUT2D eigenvalue weighted by atomic mass is 10.0. The molecular weight excluding hydrogens is 418 g/mol. The lowest BCUT2D eigenvalue weighted by Gasteiger charge is -2.08. The third-order valence-corrected chi connectivity index (χ3v) is 6.29. The molecule has 6 aromatic rings. The summed E-state index contributed by atoms with van der Waals surface area (Å²) in [6, 6.07) is 28.2. The van der Waals surface area contributed by atoms with Crippen molar-refractivity contribution in [2.24, 2.45) is 0 Å². The number of hydrogen-bond acceptors (Lipinski definition) is 6. The summed E-state index contributed by atoms with van der Waals surface area (Å²) >= 11 is 1.51. The molecule has 0 spiro atoms. The van der Waals surface area contributed by atoms with Gasteiger partial charge in [-0.2, -0.15) is 9.61 Å². The molecule has 154 valence electrons. The van der Waals surface area contributed by atoms with Gasteiger partial charge in [-0.15, -0.1) is 10.2 Å². The van der Waals surface area contributed by atoms with Crippen LogP contribution in [-0.4, -0.2) is 31.9 Å². The van der Waals surface area contributed by atoms with Crippen LogP contribution in [0, 0.1) is 0 Å². The van der Waals surface area contributed by atoms with E-state index in [4.69, 9.17) is 14.8 Å². The molecule has 0 aliphatic rings. The molecule has 0 saturated carbocycles. The number of hydrogen-bond donors (Lipinski definition) is 0. The minimum absolute atomic E-state index is 0.654. The van der Waals surface area contributed by atoms with E-state index in [9.17, 15) is 0 Å². The minimum Gasteiger partial charge on any atom is -0.496 e. The molecule has 0 N–H and O–H groups in total. The van der Waals surface area contributed by atoms with Crippen LogP contribution in [0.25, 0.3) is 49.1 Å². The highest BCUT2D eigenvalue weighted by Crippen LogP contribution is 2.36. The van der Waals surface area contributed by atoms with Crippen LogP contribution < -0.4 is 4.74 Å². The Kier molecular flexibility index (Phi) is 4.40. The predicted octanol–water partition coefficient (Wildman–Crippen LogP) is 5.74. The van der Waals surface area contributed by atoms with E-state index in [2.05, 4.69) is 34.5 Å². The van der Waals surface area contributed by atoms with Crippen molar-refractivity contribution in [1.29, 1.82) is 0 Å². The molecule has 0 atom stereocenters. The Morgan fingerprint density at radius 3 is 2.47 bits per heavy atom. The average Bonchev–Trinajstić information content (AvgIpc) is 3.45. The summed E-state index contributed by atoms with van der Waals surface area (Å²) in [4.78, 5) is 5.61. The van der Waals surface area contributed by atoms with Gasteiger partial charge in [-0.3, -0.25) is 0 Å². The molecule has 7 heteroatoms. The Hall–Kier alpha value is -4.10. The van der Waals surface area contributed by atoms with Crippen LogP contribution in [0.3, 0.4) is 0 Å². The number of methoxy groups -OCH3 is 1. The van der Waals surface area contributed by atoms with Gasteiger partial charge >= 0.3 is 0 Å². The highest BCUT2D eigenvalue weighted by molar-refractivity contribution is 7.20. The maximum Gasteiger partial charge on any atom is 0.235 e. The summed E-state index contributed by atoms with van der Waals surface area (Å²) in [5.74, 6) is 1.39. The van der Waals surface area contributed by atoms with Crippen molar-refractivity contribution < 1.29 is 4.74 Å². The monoisotopic (exact) mass is 435 g/mol. The van der Waals surface area contributed by atoms with E-state index in [0.717, 1.165) is 49.0 Å². The van der Waals surface area contributed by atoms with Crippen LogP contribution in [0.5, 0.6) is 5.75 Å². The van der Waals surface area contributed by atoms with Crippen molar-refractivity contribution in [2.75, 3.05) is 7.11 Å². The molecule has 0 radical (unpaired) electrons. The molecule has 6 nitrogen and oxygen atoms in total. The molecule has 3 aromatic carbocycles. The largest absolute Gasteiger partial charge is 0.496 e. The van der Waals surface area contributed by atoms with Gasteiger partial charge in [-0.05, 0) is 24.3 Å². The Labute approximate surface area is 187 Å². The zero-order valence-electron chi connectivity index (χ0n) is 17.1. The van der Waals surface area contributed by atoms with Crippen molar-refractivity contribution in [1.82, 2.24) is 24.8 Å². The van der Waals surface area contributed by atoms with Gasteiger partial charge < -0.3 is 4.74 Å². The first-order valence-corrected chi connectivity index (χ1v) is 10.9. The molecule has 0 bridgehead atoms. The van der Waals surface area contributed by atoms with Crippen LogP contribution in [-0.2, 0) is 0 Å². The fourth-order valence-corrected chi connectivity index (χ4v) is 4.70. The quantitative estimate of drug-likeness (QED) is 0.353. The molecule has 3 heterocycles. The Balaban J connectivity index is 1.56. The number of fused-ring (bicyclic) bond motifs is 2. The number of nitrogens with zero attached hydrogens (tertiary/aromatic N) is 5. The molecule has 3 aromatic heterocycles. The molecule has 0 saturated heterocycles. The zero-order chi connectivity index (χ0) is 21.5. The standard InChI is InChI=1S/C25H17N5OS/c1-31-22-14-8-6-12-18(22)23-27-28-25-30(23)29-24(32-25)19-15-21(16-9-3-2-4-10-16)26-20-13-7-5-11-17(19)20/h2-15H,1H3. The maximum absolute atomic E-state index is 5.52. The van der Waals surface area contributed by atoms with E-state index < -0.39 is 0 Å². The van der Waals surface area contributed by atoms with Crippen molar-refractivity contribution in [3.05, 3.63) is 84.9 Å². The summed E-state index contributed by atoms with van der Waals surface area (Å²) in [6.07, 6.45) is 0. The average molecular weight is 436 g/mol. The number of ether oxygens (including phenoxy) is 1. The molecule has 0 amide bonds. The Bertz CT molecular complexity index is 1570. The van der Waals surface area contributed by atoms with E-state index in [1.165, 1.54) is 11.3 Å². The highest BCUT2D eigenvalue weighted by atomic mass is 32.1.